The molecule has 1 saturated carbocycles. The molecule has 0 heterocycles. The first-order valence-corrected chi connectivity index (χ1v) is 6.88. The van der Waals surface area contributed by atoms with Crippen LogP contribution in [0.15, 0.2) is 42.5 Å². The summed E-state index contributed by atoms with van der Waals surface area (Å²) in [4.78, 5) is 0. The van der Waals surface area contributed by atoms with Crippen LogP contribution >= 0.6 is 0 Å². The lowest BCUT2D eigenvalue weighted by atomic mass is 9.92. The van der Waals surface area contributed by atoms with E-state index in [2.05, 4.69) is 61.6 Å². The van der Waals surface area contributed by atoms with Crippen molar-refractivity contribution in [2.45, 2.75) is 39.2 Å². The van der Waals surface area contributed by atoms with Crippen LogP contribution in [0.25, 0.3) is 10.8 Å². The van der Waals surface area contributed by atoms with E-state index >= 15 is 0 Å². The zero-order chi connectivity index (χ0) is 12.6. The number of hydrogen-bond acceptors (Lipinski definition) is 1. The van der Waals surface area contributed by atoms with Gasteiger partial charge in [0.15, 0.2) is 0 Å². The van der Waals surface area contributed by atoms with Crippen molar-refractivity contribution >= 4 is 16.5 Å². The standard InChI is InChI=1S/C17H21N/c1-17(2)11-10-14(12-17)18-16-9-5-7-13-6-3-4-8-15(13)16/h3-9,14,18H,10-12H2,1-2H3. The first-order valence-electron chi connectivity index (χ1n) is 6.88. The maximum Gasteiger partial charge on any atom is 0.0422 e. The lowest BCUT2D eigenvalue weighted by molar-refractivity contribution is 0.378. The van der Waals surface area contributed by atoms with Crippen LogP contribution in [0.3, 0.4) is 0 Å². The zero-order valence-corrected chi connectivity index (χ0v) is 11.2. The summed E-state index contributed by atoms with van der Waals surface area (Å²) < 4.78 is 0. The summed E-state index contributed by atoms with van der Waals surface area (Å²) in [6.45, 7) is 4.75. The number of fused-ring (bicyclic) bond motifs is 1. The third-order valence-electron chi connectivity index (χ3n) is 4.12. The molecule has 1 atom stereocenters. The fraction of sp³-hybridized carbons (Fsp3) is 0.412. The average molecular weight is 239 g/mol. The normalized spacial score (nSPS) is 22.2. The Labute approximate surface area is 109 Å². The second kappa shape index (κ2) is 4.31. The van der Waals surface area contributed by atoms with Crippen LogP contribution in [0, 0.1) is 5.41 Å². The van der Waals surface area contributed by atoms with Crippen molar-refractivity contribution in [2.24, 2.45) is 5.41 Å². The Balaban J connectivity index is 1.87. The van der Waals surface area contributed by atoms with Crippen LogP contribution in [-0.4, -0.2) is 6.04 Å². The highest BCUT2D eigenvalue weighted by atomic mass is 14.9. The van der Waals surface area contributed by atoms with Crippen molar-refractivity contribution in [2.75, 3.05) is 5.32 Å². The van der Waals surface area contributed by atoms with Gasteiger partial charge in [-0.1, -0.05) is 50.2 Å². The topological polar surface area (TPSA) is 12.0 Å². The van der Waals surface area contributed by atoms with Gasteiger partial charge in [-0.3, -0.25) is 0 Å². The molecule has 2 aromatic carbocycles. The zero-order valence-electron chi connectivity index (χ0n) is 11.2. The van der Waals surface area contributed by atoms with Gasteiger partial charge in [0.1, 0.15) is 0 Å². The molecule has 1 heteroatoms. The Morgan fingerprint density at radius 2 is 1.83 bits per heavy atom. The highest BCUT2D eigenvalue weighted by Gasteiger charge is 2.30. The second-order valence-corrected chi connectivity index (χ2v) is 6.27. The number of anilines is 1. The Bertz CT molecular complexity index is 551. The highest BCUT2D eigenvalue weighted by molar-refractivity contribution is 5.93. The van der Waals surface area contributed by atoms with Gasteiger partial charge in [-0.25, -0.2) is 0 Å². The molecule has 1 nitrogen and oxygen atoms in total. The smallest absolute Gasteiger partial charge is 0.0422 e. The van der Waals surface area contributed by atoms with E-state index in [-0.39, 0.29) is 0 Å². The molecule has 1 fully saturated rings. The van der Waals surface area contributed by atoms with Crippen LogP contribution in [0.5, 0.6) is 0 Å². The van der Waals surface area contributed by atoms with Crippen molar-refractivity contribution < 1.29 is 0 Å². The fourth-order valence-electron chi connectivity index (χ4n) is 3.13. The summed E-state index contributed by atoms with van der Waals surface area (Å²) in [5.74, 6) is 0. The molecule has 0 spiro atoms. The van der Waals surface area contributed by atoms with E-state index in [0.29, 0.717) is 11.5 Å². The third kappa shape index (κ3) is 2.22. The van der Waals surface area contributed by atoms with Crippen molar-refractivity contribution in [1.82, 2.24) is 0 Å². The first kappa shape index (κ1) is 11.6. The van der Waals surface area contributed by atoms with Crippen LogP contribution in [0.2, 0.25) is 0 Å². The molecule has 1 aliphatic carbocycles. The number of rotatable bonds is 2. The quantitative estimate of drug-likeness (QED) is 0.791. The largest absolute Gasteiger partial charge is 0.382 e. The maximum atomic E-state index is 3.74. The molecule has 0 aliphatic heterocycles. The summed E-state index contributed by atoms with van der Waals surface area (Å²) in [6, 6.07) is 15.8. The van der Waals surface area contributed by atoms with E-state index in [1.54, 1.807) is 0 Å². The average Bonchev–Trinajstić information content (AvgIpc) is 2.69. The van der Waals surface area contributed by atoms with Crippen molar-refractivity contribution in [3.63, 3.8) is 0 Å². The molecule has 94 valence electrons. The third-order valence-corrected chi connectivity index (χ3v) is 4.12. The molecular weight excluding hydrogens is 218 g/mol. The Hall–Kier alpha value is -1.50. The van der Waals surface area contributed by atoms with E-state index in [1.807, 2.05) is 0 Å². The summed E-state index contributed by atoms with van der Waals surface area (Å²) in [5.41, 5.74) is 1.79. The molecule has 0 aromatic heterocycles. The van der Waals surface area contributed by atoms with E-state index < -0.39 is 0 Å². The van der Waals surface area contributed by atoms with Crippen molar-refractivity contribution in [1.29, 1.82) is 0 Å². The van der Waals surface area contributed by atoms with Crippen LogP contribution in [0.1, 0.15) is 33.1 Å². The molecule has 18 heavy (non-hydrogen) atoms. The number of hydrogen-bond donors (Lipinski definition) is 1. The molecule has 2 aromatic rings. The molecule has 0 bridgehead atoms. The predicted octanol–water partition coefficient (Wildman–Crippen LogP) is 4.83. The Kier molecular flexibility index (Phi) is 2.77. The molecular formula is C17H21N. The summed E-state index contributed by atoms with van der Waals surface area (Å²) in [5, 5.41) is 6.40. The minimum Gasteiger partial charge on any atom is -0.382 e. The molecule has 3 rings (SSSR count). The van der Waals surface area contributed by atoms with Crippen LogP contribution < -0.4 is 5.32 Å². The lowest BCUT2D eigenvalue weighted by Gasteiger charge is -2.19. The van der Waals surface area contributed by atoms with Gasteiger partial charge >= 0.3 is 0 Å². The van der Waals surface area contributed by atoms with Crippen LogP contribution in [-0.2, 0) is 0 Å². The van der Waals surface area contributed by atoms with E-state index in [9.17, 15) is 0 Å². The lowest BCUT2D eigenvalue weighted by Crippen LogP contribution is -2.17. The SMILES string of the molecule is CC1(C)CCC(Nc2cccc3ccccc23)C1. The van der Waals surface area contributed by atoms with E-state index in [1.165, 1.54) is 35.7 Å². The summed E-state index contributed by atoms with van der Waals surface area (Å²) in [7, 11) is 0. The predicted molar refractivity (Wildman–Crippen MR) is 79.0 cm³/mol. The molecule has 0 radical (unpaired) electrons. The number of benzene rings is 2. The van der Waals surface area contributed by atoms with Crippen LogP contribution in [0.4, 0.5) is 5.69 Å². The molecule has 0 amide bonds. The van der Waals surface area contributed by atoms with Crippen molar-refractivity contribution in [3.8, 4) is 0 Å². The molecule has 1 aliphatic rings. The Morgan fingerprint density at radius 1 is 1.06 bits per heavy atom. The minimum absolute atomic E-state index is 0.502. The fourth-order valence-corrected chi connectivity index (χ4v) is 3.13. The molecule has 1 N–H and O–H groups in total. The van der Waals surface area contributed by atoms with Gasteiger partial charge in [0.2, 0.25) is 0 Å². The van der Waals surface area contributed by atoms with Crippen molar-refractivity contribution in [3.05, 3.63) is 42.5 Å². The van der Waals surface area contributed by atoms with E-state index in [0.717, 1.165) is 0 Å². The first-order chi connectivity index (χ1) is 8.64. The van der Waals surface area contributed by atoms with Gasteiger partial charge in [-0.2, -0.15) is 0 Å². The molecule has 1 unspecified atom stereocenters. The second-order valence-electron chi connectivity index (χ2n) is 6.27. The van der Waals surface area contributed by atoms with E-state index in [4.69, 9.17) is 0 Å². The van der Waals surface area contributed by atoms with Gasteiger partial charge < -0.3 is 5.32 Å². The van der Waals surface area contributed by atoms with Gasteiger partial charge in [0.05, 0.1) is 0 Å². The minimum atomic E-state index is 0.502. The summed E-state index contributed by atoms with van der Waals surface area (Å²) in [6.07, 6.45) is 3.89. The van der Waals surface area contributed by atoms with Gasteiger partial charge in [-0.05, 0) is 36.1 Å². The Morgan fingerprint density at radius 3 is 2.61 bits per heavy atom. The molecule has 0 saturated heterocycles. The highest BCUT2D eigenvalue weighted by Crippen LogP contribution is 2.39. The van der Waals surface area contributed by atoms with Gasteiger partial charge in [-0.15, -0.1) is 0 Å². The van der Waals surface area contributed by atoms with Gasteiger partial charge in [0, 0.05) is 17.1 Å². The monoisotopic (exact) mass is 239 g/mol. The summed E-state index contributed by atoms with van der Waals surface area (Å²) >= 11 is 0. The number of nitrogens with one attached hydrogen (secondary N) is 1. The maximum absolute atomic E-state index is 3.74. The van der Waals surface area contributed by atoms with Gasteiger partial charge in [0.25, 0.3) is 0 Å².